The summed E-state index contributed by atoms with van der Waals surface area (Å²) in [6.45, 7) is 0.746. The molecule has 1 aromatic rings. The molecule has 17 heavy (non-hydrogen) atoms. The standard InChI is InChI=1S/C12H13ClINO2/c13-8-3-4-11(14)10(6-8)12(17)15-5-1-2-9(15)7-16/h3-4,6,9,16H,1-2,5,7H2. The van der Waals surface area contributed by atoms with Gasteiger partial charge in [0.2, 0.25) is 0 Å². The number of carbonyl (C=O) groups excluding carboxylic acids is 1. The first kappa shape index (κ1) is 13.1. The summed E-state index contributed by atoms with van der Waals surface area (Å²) in [4.78, 5) is 14.1. The fourth-order valence-corrected chi connectivity index (χ4v) is 2.85. The highest BCUT2D eigenvalue weighted by molar-refractivity contribution is 14.1. The summed E-state index contributed by atoms with van der Waals surface area (Å²) < 4.78 is 0.889. The summed E-state index contributed by atoms with van der Waals surface area (Å²) in [6, 6.07) is 5.25. The molecule has 5 heteroatoms. The first-order valence-electron chi connectivity index (χ1n) is 5.50. The molecule has 0 spiro atoms. The third-order valence-corrected chi connectivity index (χ3v) is 4.18. The SMILES string of the molecule is O=C(c1cc(Cl)ccc1I)N1CCCC1CO. The van der Waals surface area contributed by atoms with Gasteiger partial charge in [-0.25, -0.2) is 0 Å². The van der Waals surface area contributed by atoms with Gasteiger partial charge >= 0.3 is 0 Å². The van der Waals surface area contributed by atoms with Gasteiger partial charge in [-0.05, 0) is 53.6 Å². The van der Waals surface area contributed by atoms with E-state index in [1.165, 1.54) is 0 Å². The van der Waals surface area contributed by atoms with Crippen molar-refractivity contribution < 1.29 is 9.90 Å². The third-order valence-electron chi connectivity index (χ3n) is 3.01. The van der Waals surface area contributed by atoms with Crippen LogP contribution in [0.4, 0.5) is 0 Å². The fourth-order valence-electron chi connectivity index (χ4n) is 2.11. The number of hydrogen-bond acceptors (Lipinski definition) is 2. The van der Waals surface area contributed by atoms with Crippen LogP contribution >= 0.6 is 34.2 Å². The molecule has 1 unspecified atom stereocenters. The molecule has 0 aliphatic carbocycles. The second-order valence-electron chi connectivity index (χ2n) is 4.10. The Bertz CT molecular complexity index is 439. The van der Waals surface area contributed by atoms with Crippen LogP contribution in [0.5, 0.6) is 0 Å². The first-order valence-corrected chi connectivity index (χ1v) is 6.96. The number of amides is 1. The van der Waals surface area contributed by atoms with Gasteiger partial charge in [0.15, 0.2) is 0 Å². The van der Waals surface area contributed by atoms with E-state index in [1.807, 2.05) is 6.07 Å². The molecule has 0 bridgehead atoms. The largest absolute Gasteiger partial charge is 0.394 e. The molecule has 0 radical (unpaired) electrons. The number of nitrogens with zero attached hydrogens (tertiary/aromatic N) is 1. The van der Waals surface area contributed by atoms with E-state index in [4.69, 9.17) is 11.6 Å². The summed E-state index contributed by atoms with van der Waals surface area (Å²) in [6.07, 6.45) is 1.83. The van der Waals surface area contributed by atoms with E-state index >= 15 is 0 Å². The average molecular weight is 366 g/mol. The summed E-state index contributed by atoms with van der Waals surface area (Å²) in [5.41, 5.74) is 0.624. The number of aliphatic hydroxyl groups excluding tert-OH is 1. The molecular formula is C12H13ClINO2. The predicted molar refractivity (Wildman–Crippen MR) is 75.3 cm³/mol. The predicted octanol–water partition coefficient (Wildman–Crippen LogP) is 2.54. The monoisotopic (exact) mass is 365 g/mol. The van der Waals surface area contributed by atoms with Gasteiger partial charge < -0.3 is 10.0 Å². The lowest BCUT2D eigenvalue weighted by Crippen LogP contribution is -2.37. The lowest BCUT2D eigenvalue weighted by molar-refractivity contribution is 0.0676. The molecule has 92 valence electrons. The lowest BCUT2D eigenvalue weighted by Gasteiger charge is -2.23. The number of likely N-dealkylation sites (tertiary alicyclic amines) is 1. The molecule has 1 amide bonds. The smallest absolute Gasteiger partial charge is 0.255 e. The van der Waals surface area contributed by atoms with Crippen molar-refractivity contribution in [1.29, 1.82) is 0 Å². The minimum absolute atomic E-state index is 0.0306. The minimum atomic E-state index is -0.0442. The van der Waals surface area contributed by atoms with Crippen molar-refractivity contribution in [2.45, 2.75) is 18.9 Å². The van der Waals surface area contributed by atoms with Crippen LogP contribution in [0.15, 0.2) is 18.2 Å². The molecule has 0 aromatic heterocycles. The molecule has 1 saturated heterocycles. The maximum Gasteiger partial charge on any atom is 0.255 e. The molecule has 3 nitrogen and oxygen atoms in total. The van der Waals surface area contributed by atoms with E-state index in [0.717, 1.165) is 16.4 Å². The maximum atomic E-state index is 12.3. The van der Waals surface area contributed by atoms with Gasteiger partial charge in [0.05, 0.1) is 18.2 Å². The molecule has 1 aliphatic heterocycles. The quantitative estimate of drug-likeness (QED) is 0.818. The van der Waals surface area contributed by atoms with Crippen molar-refractivity contribution in [2.24, 2.45) is 0 Å². The Labute approximate surface area is 119 Å². The van der Waals surface area contributed by atoms with Crippen molar-refractivity contribution in [3.05, 3.63) is 32.4 Å². The van der Waals surface area contributed by atoms with Gasteiger partial charge in [-0.3, -0.25) is 4.79 Å². The van der Waals surface area contributed by atoms with Crippen molar-refractivity contribution in [3.63, 3.8) is 0 Å². The van der Waals surface area contributed by atoms with Gasteiger partial charge in [0.1, 0.15) is 0 Å². The highest BCUT2D eigenvalue weighted by atomic mass is 127. The summed E-state index contributed by atoms with van der Waals surface area (Å²) >= 11 is 8.04. The number of rotatable bonds is 2. The lowest BCUT2D eigenvalue weighted by atomic mass is 10.2. The topological polar surface area (TPSA) is 40.5 Å². The Morgan fingerprint density at radius 1 is 1.59 bits per heavy atom. The maximum absolute atomic E-state index is 12.3. The van der Waals surface area contributed by atoms with Gasteiger partial charge in [0.25, 0.3) is 5.91 Å². The fraction of sp³-hybridized carbons (Fsp3) is 0.417. The number of aliphatic hydroxyl groups is 1. The first-order chi connectivity index (χ1) is 8.13. The van der Waals surface area contributed by atoms with Crippen molar-refractivity contribution in [2.75, 3.05) is 13.2 Å². The zero-order valence-electron chi connectivity index (χ0n) is 9.20. The van der Waals surface area contributed by atoms with Crippen LogP contribution in [0.25, 0.3) is 0 Å². The van der Waals surface area contributed by atoms with Gasteiger partial charge in [-0.15, -0.1) is 0 Å². The molecule has 1 aliphatic rings. The van der Waals surface area contributed by atoms with Gasteiger partial charge in [0, 0.05) is 15.1 Å². The van der Waals surface area contributed by atoms with Gasteiger partial charge in [-0.1, -0.05) is 11.6 Å². The van der Waals surface area contributed by atoms with E-state index in [1.54, 1.807) is 17.0 Å². The van der Waals surface area contributed by atoms with Crippen LogP contribution in [0.1, 0.15) is 23.2 Å². The number of carbonyl (C=O) groups is 1. The number of hydrogen-bond donors (Lipinski definition) is 1. The Balaban J connectivity index is 2.27. The van der Waals surface area contributed by atoms with E-state index < -0.39 is 0 Å². The molecule has 0 saturated carbocycles. The summed E-state index contributed by atoms with van der Waals surface area (Å²) in [5, 5.41) is 9.80. The highest BCUT2D eigenvalue weighted by Crippen LogP contribution is 2.24. The molecule has 1 aromatic carbocycles. The Kier molecular flexibility index (Phi) is 4.27. The molecule has 1 fully saturated rings. The van der Waals surface area contributed by atoms with E-state index in [-0.39, 0.29) is 18.6 Å². The average Bonchev–Trinajstić information content (AvgIpc) is 2.79. The van der Waals surface area contributed by atoms with Crippen LogP contribution < -0.4 is 0 Å². The number of benzene rings is 1. The zero-order chi connectivity index (χ0) is 12.4. The van der Waals surface area contributed by atoms with Crippen molar-refractivity contribution >= 4 is 40.1 Å². The van der Waals surface area contributed by atoms with E-state index in [9.17, 15) is 9.90 Å². The van der Waals surface area contributed by atoms with Crippen LogP contribution in [-0.2, 0) is 0 Å². The normalized spacial score (nSPS) is 19.7. The highest BCUT2D eigenvalue weighted by Gasteiger charge is 2.29. The van der Waals surface area contributed by atoms with Crippen LogP contribution in [0, 0.1) is 3.57 Å². The van der Waals surface area contributed by atoms with Crippen LogP contribution in [0.2, 0.25) is 5.02 Å². The Morgan fingerprint density at radius 3 is 3.06 bits per heavy atom. The molecule has 1 heterocycles. The molecule has 2 rings (SSSR count). The molecule has 1 N–H and O–H groups in total. The zero-order valence-corrected chi connectivity index (χ0v) is 12.1. The van der Waals surface area contributed by atoms with Gasteiger partial charge in [-0.2, -0.15) is 0 Å². The third kappa shape index (κ3) is 2.74. The van der Waals surface area contributed by atoms with Crippen molar-refractivity contribution in [1.82, 2.24) is 4.90 Å². The second-order valence-corrected chi connectivity index (χ2v) is 5.70. The van der Waals surface area contributed by atoms with E-state index in [0.29, 0.717) is 17.1 Å². The van der Waals surface area contributed by atoms with Crippen LogP contribution in [0.3, 0.4) is 0 Å². The van der Waals surface area contributed by atoms with E-state index in [2.05, 4.69) is 22.6 Å². The molecule has 1 atom stereocenters. The Morgan fingerprint density at radius 2 is 2.35 bits per heavy atom. The van der Waals surface area contributed by atoms with Crippen molar-refractivity contribution in [3.8, 4) is 0 Å². The summed E-state index contributed by atoms with van der Waals surface area (Å²) in [7, 11) is 0. The molecular weight excluding hydrogens is 352 g/mol. The van der Waals surface area contributed by atoms with Crippen LogP contribution in [-0.4, -0.2) is 35.1 Å². The summed E-state index contributed by atoms with van der Waals surface area (Å²) in [5.74, 6) is -0.0338. The number of halogens is 2. The second kappa shape index (κ2) is 5.54. The minimum Gasteiger partial charge on any atom is -0.394 e. The Hall–Kier alpha value is -0.330.